The lowest BCUT2D eigenvalue weighted by atomic mass is 9.92. The summed E-state index contributed by atoms with van der Waals surface area (Å²) in [6.07, 6.45) is 3.49. The van der Waals surface area contributed by atoms with Crippen molar-refractivity contribution in [2.75, 3.05) is 50.7 Å². The summed E-state index contributed by atoms with van der Waals surface area (Å²) < 4.78 is 1.11. The van der Waals surface area contributed by atoms with Crippen LogP contribution in [0.5, 0.6) is 0 Å². The number of halogens is 1. The number of nitrogens with one attached hydrogen (secondary N) is 2. The molecule has 2 saturated heterocycles. The van der Waals surface area contributed by atoms with Crippen molar-refractivity contribution in [2.24, 2.45) is 17.8 Å². The van der Waals surface area contributed by atoms with Crippen LogP contribution in [0.3, 0.4) is 0 Å². The summed E-state index contributed by atoms with van der Waals surface area (Å²) >= 11 is 3.54. The fraction of sp³-hybridized carbons (Fsp3) is 0.682. The standard InChI is InChI=1S/C22H35BrN4O/c1-17-11-18(2)15-26(14-17)9-4-8-24-22(28)25-13-19-7-10-27(16-19)21-6-3-5-20(23)12-21/h3,5-6,12,17-19H,4,7-11,13-16H2,1-2H3,(H2,24,25,28). The van der Waals surface area contributed by atoms with Gasteiger partial charge >= 0.3 is 6.03 Å². The van der Waals surface area contributed by atoms with Gasteiger partial charge in [0.1, 0.15) is 0 Å². The van der Waals surface area contributed by atoms with Gasteiger partial charge in [0, 0.05) is 49.4 Å². The molecule has 2 fully saturated rings. The number of amides is 2. The molecule has 0 saturated carbocycles. The highest BCUT2D eigenvalue weighted by atomic mass is 79.9. The Hall–Kier alpha value is -1.27. The largest absolute Gasteiger partial charge is 0.371 e. The van der Waals surface area contributed by atoms with Gasteiger partial charge in [0.2, 0.25) is 0 Å². The van der Waals surface area contributed by atoms with Crippen molar-refractivity contribution in [3.8, 4) is 0 Å². The summed E-state index contributed by atoms with van der Waals surface area (Å²) in [5.74, 6) is 2.10. The van der Waals surface area contributed by atoms with E-state index >= 15 is 0 Å². The zero-order valence-electron chi connectivity index (χ0n) is 17.3. The minimum atomic E-state index is -0.0266. The van der Waals surface area contributed by atoms with Crippen molar-refractivity contribution in [2.45, 2.75) is 33.1 Å². The van der Waals surface area contributed by atoms with Crippen molar-refractivity contribution in [1.82, 2.24) is 15.5 Å². The van der Waals surface area contributed by atoms with E-state index in [4.69, 9.17) is 0 Å². The quantitative estimate of drug-likeness (QED) is 0.618. The summed E-state index contributed by atoms with van der Waals surface area (Å²) in [5.41, 5.74) is 1.25. The number of benzene rings is 1. The lowest BCUT2D eigenvalue weighted by Crippen LogP contribution is -2.42. The lowest BCUT2D eigenvalue weighted by Gasteiger charge is -2.34. The van der Waals surface area contributed by atoms with Crippen molar-refractivity contribution < 1.29 is 4.79 Å². The Morgan fingerprint density at radius 1 is 1.18 bits per heavy atom. The van der Waals surface area contributed by atoms with E-state index < -0.39 is 0 Å². The van der Waals surface area contributed by atoms with Crippen LogP contribution in [-0.4, -0.2) is 56.7 Å². The van der Waals surface area contributed by atoms with Gasteiger partial charge in [0.25, 0.3) is 0 Å². The molecule has 28 heavy (non-hydrogen) atoms. The number of carbonyl (C=O) groups is 1. The first-order chi connectivity index (χ1) is 13.5. The molecule has 0 radical (unpaired) electrons. The van der Waals surface area contributed by atoms with E-state index in [0.29, 0.717) is 5.92 Å². The number of hydrogen-bond acceptors (Lipinski definition) is 3. The molecule has 5 nitrogen and oxygen atoms in total. The van der Waals surface area contributed by atoms with E-state index in [1.807, 2.05) is 0 Å². The van der Waals surface area contributed by atoms with Crippen LogP contribution in [0.25, 0.3) is 0 Å². The minimum absolute atomic E-state index is 0.0266. The van der Waals surface area contributed by atoms with Gasteiger partial charge in [0.15, 0.2) is 0 Å². The first kappa shape index (κ1) is 21.4. The second kappa shape index (κ2) is 10.5. The average Bonchev–Trinajstić information content (AvgIpc) is 3.12. The van der Waals surface area contributed by atoms with Crippen LogP contribution in [0, 0.1) is 17.8 Å². The molecule has 156 valence electrons. The fourth-order valence-electron chi connectivity index (χ4n) is 4.69. The van der Waals surface area contributed by atoms with Gasteiger partial charge in [-0.25, -0.2) is 4.79 Å². The van der Waals surface area contributed by atoms with Crippen molar-refractivity contribution >= 4 is 27.6 Å². The molecular weight excluding hydrogens is 416 g/mol. The summed E-state index contributed by atoms with van der Waals surface area (Å²) in [6, 6.07) is 8.41. The maximum atomic E-state index is 12.1. The Balaban J connectivity index is 1.28. The first-order valence-corrected chi connectivity index (χ1v) is 11.5. The lowest BCUT2D eigenvalue weighted by molar-refractivity contribution is 0.139. The zero-order valence-corrected chi connectivity index (χ0v) is 18.9. The Labute approximate surface area is 178 Å². The SMILES string of the molecule is CC1CC(C)CN(CCCNC(=O)NCC2CCN(c3cccc(Br)c3)C2)C1. The second-order valence-corrected chi connectivity index (χ2v) is 9.69. The van der Waals surface area contributed by atoms with Crippen LogP contribution < -0.4 is 15.5 Å². The molecule has 3 unspecified atom stereocenters. The van der Waals surface area contributed by atoms with Crippen LogP contribution in [0.4, 0.5) is 10.5 Å². The van der Waals surface area contributed by atoms with Gasteiger partial charge in [-0.05, 0) is 61.8 Å². The van der Waals surface area contributed by atoms with Crippen LogP contribution >= 0.6 is 15.9 Å². The molecule has 2 N–H and O–H groups in total. The molecule has 1 aromatic carbocycles. The smallest absolute Gasteiger partial charge is 0.314 e. The van der Waals surface area contributed by atoms with E-state index in [1.54, 1.807) is 0 Å². The van der Waals surface area contributed by atoms with Crippen molar-refractivity contribution in [3.05, 3.63) is 28.7 Å². The topological polar surface area (TPSA) is 47.6 Å². The van der Waals surface area contributed by atoms with E-state index in [1.165, 1.54) is 25.2 Å². The molecular formula is C22H35BrN4O. The Bertz CT molecular complexity index is 631. The van der Waals surface area contributed by atoms with Crippen LogP contribution in [0.2, 0.25) is 0 Å². The summed E-state index contributed by atoms with van der Waals surface area (Å²) in [4.78, 5) is 17.0. The van der Waals surface area contributed by atoms with Crippen LogP contribution in [-0.2, 0) is 0 Å². The van der Waals surface area contributed by atoms with Gasteiger partial charge < -0.3 is 20.4 Å². The first-order valence-electron chi connectivity index (χ1n) is 10.7. The van der Waals surface area contributed by atoms with Gasteiger partial charge in [-0.3, -0.25) is 0 Å². The van der Waals surface area contributed by atoms with Crippen molar-refractivity contribution in [3.63, 3.8) is 0 Å². The number of carbonyl (C=O) groups excluding carboxylic acids is 1. The van der Waals surface area contributed by atoms with E-state index in [0.717, 1.165) is 61.9 Å². The number of likely N-dealkylation sites (tertiary alicyclic amines) is 1. The number of urea groups is 1. The normalized spacial score (nSPS) is 25.7. The molecule has 3 atom stereocenters. The minimum Gasteiger partial charge on any atom is -0.371 e. The fourth-order valence-corrected chi connectivity index (χ4v) is 5.07. The Kier molecular flexibility index (Phi) is 8.03. The monoisotopic (exact) mass is 450 g/mol. The maximum absolute atomic E-state index is 12.1. The molecule has 0 aliphatic carbocycles. The maximum Gasteiger partial charge on any atom is 0.314 e. The van der Waals surface area contributed by atoms with Gasteiger partial charge in [-0.2, -0.15) is 0 Å². The third-order valence-corrected chi connectivity index (χ3v) is 6.38. The molecule has 2 heterocycles. The van der Waals surface area contributed by atoms with E-state index in [2.05, 4.69) is 74.5 Å². The van der Waals surface area contributed by atoms with Gasteiger partial charge in [-0.1, -0.05) is 35.8 Å². The highest BCUT2D eigenvalue weighted by Gasteiger charge is 2.23. The van der Waals surface area contributed by atoms with E-state index in [9.17, 15) is 4.79 Å². The highest BCUT2D eigenvalue weighted by Crippen LogP contribution is 2.26. The third kappa shape index (κ3) is 6.66. The van der Waals surface area contributed by atoms with E-state index in [-0.39, 0.29) is 6.03 Å². The summed E-state index contributed by atoms with van der Waals surface area (Å²) in [5, 5.41) is 6.08. The molecule has 0 spiro atoms. The molecule has 1 aromatic rings. The van der Waals surface area contributed by atoms with Crippen molar-refractivity contribution in [1.29, 1.82) is 0 Å². The zero-order chi connectivity index (χ0) is 19.9. The van der Waals surface area contributed by atoms with Gasteiger partial charge in [-0.15, -0.1) is 0 Å². The van der Waals surface area contributed by atoms with Crippen LogP contribution in [0.1, 0.15) is 33.1 Å². The second-order valence-electron chi connectivity index (χ2n) is 8.78. The molecule has 0 aromatic heterocycles. The molecule has 6 heteroatoms. The molecule has 2 aliphatic heterocycles. The number of rotatable bonds is 7. The average molecular weight is 451 g/mol. The van der Waals surface area contributed by atoms with Crippen LogP contribution in [0.15, 0.2) is 28.7 Å². The number of nitrogens with zero attached hydrogens (tertiary/aromatic N) is 2. The number of piperidine rings is 1. The molecule has 3 rings (SSSR count). The summed E-state index contributed by atoms with van der Waals surface area (Å²) in [6.45, 7) is 11.7. The predicted octanol–water partition coefficient (Wildman–Crippen LogP) is 3.94. The predicted molar refractivity (Wildman–Crippen MR) is 120 cm³/mol. The van der Waals surface area contributed by atoms with Gasteiger partial charge in [0.05, 0.1) is 0 Å². The molecule has 0 bridgehead atoms. The Morgan fingerprint density at radius 2 is 1.96 bits per heavy atom. The number of anilines is 1. The molecule has 2 amide bonds. The molecule has 2 aliphatic rings. The summed E-state index contributed by atoms with van der Waals surface area (Å²) in [7, 11) is 0. The third-order valence-electron chi connectivity index (χ3n) is 5.89. The number of hydrogen-bond donors (Lipinski definition) is 2. The highest BCUT2D eigenvalue weighted by molar-refractivity contribution is 9.10. The Morgan fingerprint density at radius 3 is 2.71 bits per heavy atom.